The Bertz CT molecular complexity index is 377. The minimum absolute atomic E-state index is 0.186. The second-order valence-electron chi connectivity index (χ2n) is 6.82. The van der Waals surface area contributed by atoms with Crippen molar-refractivity contribution in [3.63, 3.8) is 0 Å². The van der Waals surface area contributed by atoms with Crippen molar-refractivity contribution in [1.29, 1.82) is 0 Å². The summed E-state index contributed by atoms with van der Waals surface area (Å²) in [6, 6.07) is 0. The number of carbonyl (C=O) groups is 2. The van der Waals surface area contributed by atoms with Gasteiger partial charge < -0.3 is 16.4 Å². The maximum atomic E-state index is 12.3. The monoisotopic (exact) mass is 281 g/mol. The standard InChI is InChI=1S/C15H27N3O2/c1-15(14(17)20)6-7-18(10-15)13(19)8-11-2-4-12(9-16)5-3-11/h11-12H,2-10,16H2,1H3,(H2,17,20). The van der Waals surface area contributed by atoms with Crippen LogP contribution >= 0.6 is 0 Å². The quantitative estimate of drug-likeness (QED) is 0.801. The molecule has 1 heterocycles. The van der Waals surface area contributed by atoms with Gasteiger partial charge in [-0.15, -0.1) is 0 Å². The smallest absolute Gasteiger partial charge is 0.225 e. The van der Waals surface area contributed by atoms with Crippen LogP contribution in [0.5, 0.6) is 0 Å². The van der Waals surface area contributed by atoms with Crippen molar-refractivity contribution in [2.24, 2.45) is 28.7 Å². The van der Waals surface area contributed by atoms with Crippen molar-refractivity contribution < 1.29 is 9.59 Å². The van der Waals surface area contributed by atoms with Gasteiger partial charge in [0.05, 0.1) is 5.41 Å². The number of hydrogen-bond donors (Lipinski definition) is 2. The predicted molar refractivity (Wildman–Crippen MR) is 77.6 cm³/mol. The normalized spacial score (nSPS) is 34.2. The van der Waals surface area contributed by atoms with Crippen LogP contribution in [0.15, 0.2) is 0 Å². The van der Waals surface area contributed by atoms with Crippen LogP contribution in [0.25, 0.3) is 0 Å². The van der Waals surface area contributed by atoms with E-state index in [4.69, 9.17) is 11.5 Å². The van der Waals surface area contributed by atoms with Crippen LogP contribution in [0.3, 0.4) is 0 Å². The molecule has 1 saturated heterocycles. The zero-order valence-electron chi connectivity index (χ0n) is 12.4. The molecule has 1 saturated carbocycles. The van der Waals surface area contributed by atoms with Gasteiger partial charge in [0.25, 0.3) is 0 Å². The minimum Gasteiger partial charge on any atom is -0.369 e. The van der Waals surface area contributed by atoms with Crippen molar-refractivity contribution in [2.45, 2.75) is 45.4 Å². The first-order chi connectivity index (χ1) is 9.44. The lowest BCUT2D eigenvalue weighted by Gasteiger charge is -2.29. The molecule has 0 aromatic rings. The summed E-state index contributed by atoms with van der Waals surface area (Å²) in [6.07, 6.45) is 5.81. The lowest BCUT2D eigenvalue weighted by molar-refractivity contribution is -0.132. The third-order valence-electron chi connectivity index (χ3n) is 5.18. The van der Waals surface area contributed by atoms with Crippen molar-refractivity contribution >= 4 is 11.8 Å². The fraction of sp³-hybridized carbons (Fsp3) is 0.867. The highest BCUT2D eigenvalue weighted by atomic mass is 16.2. The van der Waals surface area contributed by atoms with Crippen LogP contribution in [0.4, 0.5) is 0 Å². The van der Waals surface area contributed by atoms with E-state index < -0.39 is 5.41 Å². The van der Waals surface area contributed by atoms with Crippen molar-refractivity contribution in [1.82, 2.24) is 4.90 Å². The Hall–Kier alpha value is -1.10. The summed E-state index contributed by atoms with van der Waals surface area (Å²) in [7, 11) is 0. The van der Waals surface area contributed by atoms with E-state index in [9.17, 15) is 9.59 Å². The average Bonchev–Trinajstić information content (AvgIpc) is 2.84. The lowest BCUT2D eigenvalue weighted by atomic mass is 9.80. The van der Waals surface area contributed by atoms with Crippen molar-refractivity contribution in [3.8, 4) is 0 Å². The van der Waals surface area contributed by atoms with Gasteiger partial charge in [-0.05, 0) is 57.4 Å². The number of carbonyl (C=O) groups excluding carboxylic acids is 2. The molecular formula is C15H27N3O2. The van der Waals surface area contributed by atoms with Gasteiger partial charge in [0, 0.05) is 19.5 Å². The number of hydrogen-bond acceptors (Lipinski definition) is 3. The van der Waals surface area contributed by atoms with Crippen molar-refractivity contribution in [3.05, 3.63) is 0 Å². The van der Waals surface area contributed by atoms with E-state index in [-0.39, 0.29) is 11.8 Å². The third kappa shape index (κ3) is 3.32. The molecule has 0 aromatic carbocycles. The molecular weight excluding hydrogens is 254 g/mol. The van der Waals surface area contributed by atoms with Crippen LogP contribution < -0.4 is 11.5 Å². The Labute approximate surface area is 121 Å². The van der Waals surface area contributed by atoms with Crippen LogP contribution in [-0.2, 0) is 9.59 Å². The zero-order valence-corrected chi connectivity index (χ0v) is 12.4. The second kappa shape index (κ2) is 6.12. The summed E-state index contributed by atoms with van der Waals surface area (Å²) in [5.41, 5.74) is 10.6. The fourth-order valence-corrected chi connectivity index (χ4v) is 3.42. The number of likely N-dealkylation sites (tertiary alicyclic amines) is 1. The Morgan fingerprint density at radius 1 is 1.20 bits per heavy atom. The first kappa shape index (κ1) is 15.3. The molecule has 4 N–H and O–H groups in total. The van der Waals surface area contributed by atoms with Crippen LogP contribution in [-0.4, -0.2) is 36.3 Å². The number of rotatable bonds is 4. The second-order valence-corrected chi connectivity index (χ2v) is 6.82. The van der Waals surface area contributed by atoms with E-state index in [1.807, 2.05) is 11.8 Å². The van der Waals surface area contributed by atoms with Crippen LogP contribution in [0.1, 0.15) is 45.4 Å². The molecule has 0 radical (unpaired) electrons. The minimum atomic E-state index is -0.535. The number of nitrogens with two attached hydrogens (primary N) is 2. The first-order valence-electron chi connectivity index (χ1n) is 7.72. The topological polar surface area (TPSA) is 89.4 Å². The highest BCUT2D eigenvalue weighted by Crippen LogP contribution is 2.33. The number of nitrogens with zero attached hydrogens (tertiary/aromatic N) is 1. The average molecular weight is 281 g/mol. The zero-order chi connectivity index (χ0) is 14.8. The molecule has 1 unspecified atom stereocenters. The molecule has 0 spiro atoms. The Balaban J connectivity index is 1.80. The van der Waals surface area contributed by atoms with E-state index in [1.165, 1.54) is 0 Å². The molecule has 5 nitrogen and oxygen atoms in total. The molecule has 1 aliphatic carbocycles. The Morgan fingerprint density at radius 2 is 1.80 bits per heavy atom. The summed E-state index contributed by atoms with van der Waals surface area (Å²) >= 11 is 0. The van der Waals surface area contributed by atoms with Gasteiger partial charge in [0.1, 0.15) is 0 Å². The highest BCUT2D eigenvalue weighted by Gasteiger charge is 2.40. The molecule has 0 aromatic heterocycles. The summed E-state index contributed by atoms with van der Waals surface area (Å²) in [6.45, 7) is 3.77. The SMILES string of the molecule is CC1(C(N)=O)CCN(C(=O)CC2CCC(CN)CC2)C1. The van der Waals surface area contributed by atoms with Gasteiger partial charge in [0.15, 0.2) is 0 Å². The van der Waals surface area contributed by atoms with Gasteiger partial charge in [-0.25, -0.2) is 0 Å². The number of amides is 2. The summed E-state index contributed by atoms with van der Waals surface area (Å²) in [5.74, 6) is 1.03. The van der Waals surface area contributed by atoms with E-state index in [0.717, 1.165) is 32.2 Å². The van der Waals surface area contributed by atoms with E-state index >= 15 is 0 Å². The molecule has 2 amide bonds. The van der Waals surface area contributed by atoms with Gasteiger partial charge in [-0.2, -0.15) is 0 Å². The molecule has 0 bridgehead atoms. The van der Waals surface area contributed by atoms with E-state index in [0.29, 0.717) is 37.8 Å². The highest BCUT2D eigenvalue weighted by molar-refractivity contribution is 5.83. The number of primary amides is 1. The maximum absolute atomic E-state index is 12.3. The lowest BCUT2D eigenvalue weighted by Crippen LogP contribution is -2.39. The molecule has 1 atom stereocenters. The van der Waals surface area contributed by atoms with E-state index in [1.54, 1.807) is 0 Å². The molecule has 2 aliphatic rings. The molecule has 20 heavy (non-hydrogen) atoms. The Morgan fingerprint density at radius 3 is 2.30 bits per heavy atom. The molecule has 114 valence electrons. The van der Waals surface area contributed by atoms with Crippen LogP contribution in [0, 0.1) is 17.3 Å². The summed E-state index contributed by atoms with van der Waals surface area (Å²) in [5, 5.41) is 0. The van der Waals surface area contributed by atoms with Gasteiger partial charge in [0.2, 0.25) is 11.8 Å². The maximum Gasteiger partial charge on any atom is 0.225 e. The van der Waals surface area contributed by atoms with Crippen molar-refractivity contribution in [2.75, 3.05) is 19.6 Å². The van der Waals surface area contributed by atoms with Gasteiger partial charge in [-0.3, -0.25) is 9.59 Å². The van der Waals surface area contributed by atoms with Crippen LogP contribution in [0.2, 0.25) is 0 Å². The molecule has 2 fully saturated rings. The molecule has 5 heteroatoms. The summed E-state index contributed by atoms with van der Waals surface area (Å²) < 4.78 is 0. The summed E-state index contributed by atoms with van der Waals surface area (Å²) in [4.78, 5) is 25.6. The van der Waals surface area contributed by atoms with E-state index in [2.05, 4.69) is 0 Å². The third-order valence-corrected chi connectivity index (χ3v) is 5.18. The van der Waals surface area contributed by atoms with Gasteiger partial charge in [-0.1, -0.05) is 0 Å². The first-order valence-corrected chi connectivity index (χ1v) is 7.72. The molecule has 2 rings (SSSR count). The predicted octanol–water partition coefficient (Wildman–Crippen LogP) is 0.866. The largest absolute Gasteiger partial charge is 0.369 e. The Kier molecular flexibility index (Phi) is 4.68. The fourth-order valence-electron chi connectivity index (χ4n) is 3.42. The van der Waals surface area contributed by atoms with Gasteiger partial charge >= 0.3 is 0 Å². The molecule has 1 aliphatic heterocycles.